The van der Waals surface area contributed by atoms with E-state index in [0.717, 1.165) is 27.8 Å². The van der Waals surface area contributed by atoms with Gasteiger partial charge in [0.05, 0.1) is 15.1 Å². The highest BCUT2D eigenvalue weighted by Crippen LogP contribution is 2.37. The number of halogens is 4. The second-order valence-corrected chi connectivity index (χ2v) is 9.84. The number of ether oxygens (including phenoxy) is 1. The number of benzene rings is 3. The molecule has 1 aliphatic heterocycles. The fourth-order valence-corrected chi connectivity index (χ4v) is 4.89. The van der Waals surface area contributed by atoms with Crippen molar-refractivity contribution in [3.05, 3.63) is 96.2 Å². The van der Waals surface area contributed by atoms with Crippen LogP contribution in [0.4, 0.5) is 10.5 Å². The third kappa shape index (κ3) is 5.16. The number of hydrogen-bond acceptors (Lipinski definition) is 4. The fourth-order valence-electron chi connectivity index (χ4n) is 2.95. The molecule has 1 heterocycles. The second-order valence-electron chi connectivity index (χ2n) is 6.71. The monoisotopic (exact) mass is 567 g/mol. The van der Waals surface area contributed by atoms with E-state index in [1.807, 2.05) is 12.1 Å². The van der Waals surface area contributed by atoms with Crippen LogP contribution in [0.5, 0.6) is 5.75 Å². The Labute approximate surface area is 212 Å². The minimum atomic E-state index is -0.379. The predicted octanol–water partition coefficient (Wildman–Crippen LogP) is 8.23. The SMILES string of the molecule is O=C1S/C(=C/c2ccc(OCc3ccc(Cl)cc3Cl)c(Br)c2)C(=O)N1c1ccc(Cl)cc1. The lowest BCUT2D eigenvalue weighted by Crippen LogP contribution is -2.27. The van der Waals surface area contributed by atoms with Gasteiger partial charge in [-0.2, -0.15) is 0 Å². The average molecular weight is 570 g/mol. The summed E-state index contributed by atoms with van der Waals surface area (Å²) >= 11 is 22.4. The van der Waals surface area contributed by atoms with Crippen LogP contribution in [0.3, 0.4) is 0 Å². The van der Waals surface area contributed by atoms with Gasteiger partial charge in [0.1, 0.15) is 12.4 Å². The van der Waals surface area contributed by atoms with Gasteiger partial charge in [0.15, 0.2) is 0 Å². The lowest BCUT2D eigenvalue weighted by molar-refractivity contribution is -0.113. The third-order valence-corrected chi connectivity index (χ3v) is 6.86. The first kappa shape index (κ1) is 23.2. The first-order chi connectivity index (χ1) is 15.3. The molecule has 0 aliphatic carbocycles. The largest absolute Gasteiger partial charge is 0.488 e. The molecule has 0 aromatic heterocycles. The topological polar surface area (TPSA) is 46.6 Å². The van der Waals surface area contributed by atoms with E-state index in [4.69, 9.17) is 39.5 Å². The lowest BCUT2D eigenvalue weighted by Gasteiger charge is -2.12. The number of amides is 2. The van der Waals surface area contributed by atoms with E-state index in [0.29, 0.717) is 35.9 Å². The number of nitrogens with zero attached hydrogens (tertiary/aromatic N) is 1. The Kier molecular flexibility index (Phi) is 7.17. The maximum Gasteiger partial charge on any atom is 0.298 e. The summed E-state index contributed by atoms with van der Waals surface area (Å²) in [5.41, 5.74) is 2.03. The molecule has 0 spiro atoms. The van der Waals surface area contributed by atoms with Gasteiger partial charge in [-0.1, -0.05) is 46.9 Å². The number of thioether (sulfide) groups is 1. The highest BCUT2D eigenvalue weighted by Gasteiger charge is 2.36. The third-order valence-electron chi connectivity index (χ3n) is 4.53. The summed E-state index contributed by atoms with van der Waals surface area (Å²) in [4.78, 5) is 26.7. The van der Waals surface area contributed by atoms with Gasteiger partial charge in [0, 0.05) is 20.6 Å². The zero-order valence-corrected chi connectivity index (χ0v) is 20.8. The van der Waals surface area contributed by atoms with Crippen molar-refractivity contribution in [2.45, 2.75) is 6.61 Å². The molecule has 0 saturated carbocycles. The molecule has 0 bridgehead atoms. The minimum Gasteiger partial charge on any atom is -0.488 e. The predicted molar refractivity (Wildman–Crippen MR) is 135 cm³/mol. The molecule has 9 heteroatoms. The second kappa shape index (κ2) is 9.89. The standard InChI is InChI=1S/C23H13BrCl3NO3S/c24-18-9-13(1-8-20(18)31-12-14-2-3-16(26)11-19(14)27)10-21-22(29)28(23(30)32-21)17-6-4-15(25)5-7-17/h1-11H,12H2/b21-10+. The number of carbonyl (C=O) groups is 2. The molecular weight excluding hydrogens is 557 g/mol. The van der Waals surface area contributed by atoms with E-state index >= 15 is 0 Å². The molecule has 0 atom stereocenters. The normalized spacial score (nSPS) is 15.0. The first-order valence-corrected chi connectivity index (χ1v) is 12.0. The van der Waals surface area contributed by atoms with Crippen LogP contribution in [-0.2, 0) is 11.4 Å². The Morgan fingerprint density at radius 1 is 0.938 bits per heavy atom. The average Bonchev–Trinajstić information content (AvgIpc) is 3.02. The van der Waals surface area contributed by atoms with Crippen molar-refractivity contribution in [1.29, 1.82) is 0 Å². The van der Waals surface area contributed by atoms with E-state index in [1.54, 1.807) is 54.6 Å². The minimum absolute atomic E-state index is 0.272. The molecule has 0 unspecified atom stereocenters. The molecule has 162 valence electrons. The van der Waals surface area contributed by atoms with Gasteiger partial charge in [0.2, 0.25) is 0 Å². The molecule has 0 N–H and O–H groups in total. The van der Waals surface area contributed by atoms with Gasteiger partial charge >= 0.3 is 0 Å². The number of imide groups is 1. The van der Waals surface area contributed by atoms with Gasteiger partial charge in [-0.3, -0.25) is 9.59 Å². The van der Waals surface area contributed by atoms with Crippen molar-refractivity contribution in [3.8, 4) is 5.75 Å². The Hall–Kier alpha value is -1.96. The van der Waals surface area contributed by atoms with Crippen molar-refractivity contribution in [2.24, 2.45) is 0 Å². The molecule has 3 aromatic carbocycles. The fraction of sp³-hybridized carbons (Fsp3) is 0.0435. The summed E-state index contributed by atoms with van der Waals surface area (Å²) in [6, 6.07) is 17.2. The van der Waals surface area contributed by atoms with E-state index in [1.165, 1.54) is 0 Å². The van der Waals surface area contributed by atoms with E-state index in [9.17, 15) is 9.59 Å². The number of anilines is 1. The molecule has 4 rings (SSSR count). The van der Waals surface area contributed by atoms with Crippen molar-refractivity contribution in [1.82, 2.24) is 0 Å². The maximum absolute atomic E-state index is 12.8. The van der Waals surface area contributed by atoms with Gasteiger partial charge < -0.3 is 4.74 Å². The Bertz CT molecular complexity index is 1250. The van der Waals surface area contributed by atoms with E-state index in [2.05, 4.69) is 15.9 Å². The number of carbonyl (C=O) groups excluding carboxylic acids is 2. The van der Waals surface area contributed by atoms with Crippen LogP contribution < -0.4 is 9.64 Å². The highest BCUT2D eigenvalue weighted by molar-refractivity contribution is 9.10. The van der Waals surface area contributed by atoms with Crippen LogP contribution in [0.1, 0.15) is 11.1 Å². The smallest absolute Gasteiger partial charge is 0.298 e. The summed E-state index contributed by atoms with van der Waals surface area (Å²) < 4.78 is 6.55. The molecule has 4 nitrogen and oxygen atoms in total. The molecule has 1 saturated heterocycles. The lowest BCUT2D eigenvalue weighted by atomic mass is 10.2. The Morgan fingerprint density at radius 3 is 2.34 bits per heavy atom. The zero-order chi connectivity index (χ0) is 22.8. The van der Waals surface area contributed by atoms with E-state index < -0.39 is 0 Å². The highest BCUT2D eigenvalue weighted by atomic mass is 79.9. The van der Waals surface area contributed by atoms with Crippen molar-refractivity contribution < 1.29 is 14.3 Å². The van der Waals surface area contributed by atoms with Crippen LogP contribution in [0.25, 0.3) is 6.08 Å². The first-order valence-electron chi connectivity index (χ1n) is 9.21. The summed E-state index contributed by atoms with van der Waals surface area (Å²) in [6.45, 7) is 0.272. The van der Waals surface area contributed by atoms with Crippen molar-refractivity contribution >= 4 is 85.4 Å². The van der Waals surface area contributed by atoms with Gasteiger partial charge in [0.25, 0.3) is 11.1 Å². The molecule has 2 amide bonds. The van der Waals surface area contributed by atoms with Crippen LogP contribution in [0, 0.1) is 0 Å². The maximum atomic E-state index is 12.8. The summed E-state index contributed by atoms with van der Waals surface area (Å²) in [5.74, 6) is 0.235. The Morgan fingerprint density at radius 2 is 1.66 bits per heavy atom. The molecule has 1 fully saturated rings. The summed E-state index contributed by atoms with van der Waals surface area (Å²) in [7, 11) is 0. The molecule has 0 radical (unpaired) electrons. The molecular formula is C23H13BrCl3NO3S. The van der Waals surface area contributed by atoms with Crippen molar-refractivity contribution in [2.75, 3.05) is 4.90 Å². The van der Waals surface area contributed by atoms with Crippen LogP contribution in [0.2, 0.25) is 15.1 Å². The summed E-state index contributed by atoms with van der Waals surface area (Å²) in [6.07, 6.45) is 1.67. The summed E-state index contributed by atoms with van der Waals surface area (Å²) in [5, 5.41) is 1.26. The molecule has 1 aliphatic rings. The number of rotatable bonds is 5. The molecule has 32 heavy (non-hydrogen) atoms. The van der Waals surface area contributed by atoms with Gasteiger partial charge in [-0.05, 0) is 87.9 Å². The van der Waals surface area contributed by atoms with Crippen LogP contribution in [-0.4, -0.2) is 11.1 Å². The van der Waals surface area contributed by atoms with E-state index in [-0.39, 0.29) is 17.8 Å². The van der Waals surface area contributed by atoms with Gasteiger partial charge in [-0.25, -0.2) is 4.90 Å². The van der Waals surface area contributed by atoms with Crippen LogP contribution >= 0.6 is 62.5 Å². The van der Waals surface area contributed by atoms with Crippen LogP contribution in [0.15, 0.2) is 70.0 Å². The number of hydrogen-bond donors (Lipinski definition) is 0. The molecule has 3 aromatic rings. The quantitative estimate of drug-likeness (QED) is 0.291. The van der Waals surface area contributed by atoms with Gasteiger partial charge in [-0.15, -0.1) is 0 Å². The Balaban J connectivity index is 1.49. The zero-order valence-electron chi connectivity index (χ0n) is 16.2. The van der Waals surface area contributed by atoms with Crippen molar-refractivity contribution in [3.63, 3.8) is 0 Å².